The van der Waals surface area contributed by atoms with Crippen molar-refractivity contribution in [2.45, 2.75) is 0 Å². The molecule has 1 aromatic rings. The smallest absolute Gasteiger partial charge is 0.773 e. The van der Waals surface area contributed by atoms with Crippen molar-refractivity contribution in [3.05, 3.63) is 35.6 Å². The van der Waals surface area contributed by atoms with E-state index in [4.69, 9.17) is 8.76 Å². The third-order valence-electron chi connectivity index (χ3n) is 1.01. The van der Waals surface area contributed by atoms with Crippen molar-refractivity contribution in [2.24, 2.45) is 0 Å². The molecule has 0 radical (unpaired) electrons. The van der Waals surface area contributed by atoms with Gasteiger partial charge >= 0.3 is 29.6 Å². The van der Waals surface area contributed by atoms with Crippen LogP contribution in [0.4, 0.5) is 4.39 Å². The van der Waals surface area contributed by atoms with Gasteiger partial charge in [0.05, 0.1) is 0 Å². The molecular formula is C8H8FNaO3S. The van der Waals surface area contributed by atoms with Crippen LogP contribution in [0.15, 0.2) is 24.3 Å². The van der Waals surface area contributed by atoms with Crippen LogP contribution in [0.5, 0.6) is 0 Å². The Kier molecular flexibility index (Phi) is 11.1. The Labute approximate surface area is 106 Å². The molecule has 3 nitrogen and oxygen atoms in total. The second-order valence-corrected chi connectivity index (χ2v) is 2.87. The van der Waals surface area contributed by atoms with Crippen molar-refractivity contribution in [3.8, 4) is 0 Å². The number of rotatable bonds is 1. The largest absolute Gasteiger partial charge is 1.00 e. The van der Waals surface area contributed by atoms with Gasteiger partial charge in [0.1, 0.15) is 12.1 Å². The Morgan fingerprint density at radius 3 is 2.00 bits per heavy atom. The number of carbonyl (C=O) groups excluding carboxylic acids is 1. The van der Waals surface area contributed by atoms with Gasteiger partial charge < -0.3 is 4.55 Å². The van der Waals surface area contributed by atoms with Gasteiger partial charge in [-0.3, -0.25) is 9.00 Å². The molecule has 0 spiro atoms. The van der Waals surface area contributed by atoms with E-state index in [1.54, 1.807) is 0 Å². The van der Waals surface area contributed by atoms with Crippen molar-refractivity contribution in [1.82, 2.24) is 0 Å². The number of halogens is 1. The fourth-order valence-electron chi connectivity index (χ4n) is 0.541. The SMILES string of the molecule is CS(=O)[O-].O=Cc1ccc(F)cc1.[Na+]. The van der Waals surface area contributed by atoms with Crippen molar-refractivity contribution in [1.29, 1.82) is 0 Å². The van der Waals surface area contributed by atoms with Crippen molar-refractivity contribution >= 4 is 17.4 Å². The molecule has 0 saturated heterocycles. The maximum Gasteiger partial charge on any atom is 1.00 e. The van der Waals surface area contributed by atoms with Crippen LogP contribution in [0.25, 0.3) is 0 Å². The van der Waals surface area contributed by atoms with Crippen LogP contribution in [0.3, 0.4) is 0 Å². The maximum absolute atomic E-state index is 12.1. The van der Waals surface area contributed by atoms with Gasteiger partial charge in [-0.25, -0.2) is 4.39 Å². The van der Waals surface area contributed by atoms with E-state index in [2.05, 4.69) is 0 Å². The summed E-state index contributed by atoms with van der Waals surface area (Å²) >= 11 is -1.86. The quantitative estimate of drug-likeness (QED) is 0.320. The molecule has 14 heavy (non-hydrogen) atoms. The van der Waals surface area contributed by atoms with Gasteiger partial charge in [-0.05, 0) is 30.5 Å². The Morgan fingerprint density at radius 1 is 1.36 bits per heavy atom. The number of benzene rings is 1. The molecule has 1 aromatic carbocycles. The van der Waals surface area contributed by atoms with E-state index in [1.165, 1.54) is 24.3 Å². The van der Waals surface area contributed by atoms with Gasteiger partial charge in [-0.2, -0.15) is 0 Å². The van der Waals surface area contributed by atoms with Crippen molar-refractivity contribution in [3.63, 3.8) is 0 Å². The molecule has 0 aliphatic rings. The summed E-state index contributed by atoms with van der Waals surface area (Å²) in [6.45, 7) is 0. The fourth-order valence-corrected chi connectivity index (χ4v) is 0.541. The number of hydrogen-bond acceptors (Lipinski definition) is 3. The predicted octanol–water partition coefficient (Wildman–Crippen LogP) is -1.86. The van der Waals surface area contributed by atoms with Gasteiger partial charge in [0.25, 0.3) is 0 Å². The zero-order valence-electron chi connectivity index (χ0n) is 7.90. The average Bonchev–Trinajstić information content (AvgIpc) is 2.05. The van der Waals surface area contributed by atoms with Crippen LogP contribution >= 0.6 is 0 Å². The van der Waals surface area contributed by atoms with Gasteiger partial charge in [-0.15, -0.1) is 0 Å². The summed E-state index contributed by atoms with van der Waals surface area (Å²) < 4.78 is 30.1. The second kappa shape index (κ2) is 9.48. The van der Waals surface area contributed by atoms with E-state index in [-0.39, 0.29) is 35.4 Å². The zero-order chi connectivity index (χ0) is 10.3. The monoisotopic (exact) mass is 226 g/mol. The molecule has 1 unspecified atom stereocenters. The number of hydrogen-bond donors (Lipinski definition) is 0. The van der Waals surface area contributed by atoms with Crippen LogP contribution < -0.4 is 29.6 Å². The molecule has 0 bridgehead atoms. The van der Waals surface area contributed by atoms with Crippen LogP contribution in [-0.2, 0) is 11.1 Å². The van der Waals surface area contributed by atoms with E-state index < -0.39 is 11.1 Å². The normalized spacial score (nSPS) is 10.2. The van der Waals surface area contributed by atoms with Crippen LogP contribution in [0.1, 0.15) is 10.4 Å². The van der Waals surface area contributed by atoms with Gasteiger partial charge in [0.15, 0.2) is 0 Å². The summed E-state index contributed by atoms with van der Waals surface area (Å²) in [6, 6.07) is 5.37. The first-order valence-corrected chi connectivity index (χ1v) is 4.76. The first-order valence-electron chi connectivity index (χ1n) is 3.28. The second-order valence-electron chi connectivity index (χ2n) is 2.07. The summed E-state index contributed by atoms with van der Waals surface area (Å²) in [6.07, 6.45) is 1.76. The molecule has 0 saturated carbocycles. The van der Waals surface area contributed by atoms with E-state index >= 15 is 0 Å². The Balaban J connectivity index is 0. The molecule has 1 rings (SSSR count). The number of carbonyl (C=O) groups is 1. The van der Waals surface area contributed by atoms with Gasteiger partial charge in [0, 0.05) is 5.56 Å². The Morgan fingerprint density at radius 2 is 1.71 bits per heavy atom. The summed E-state index contributed by atoms with van der Waals surface area (Å²) in [5.74, 6) is -0.319. The summed E-state index contributed by atoms with van der Waals surface area (Å²) in [7, 11) is 0. The molecule has 1 atom stereocenters. The van der Waals surface area contributed by atoms with Crippen LogP contribution in [0.2, 0.25) is 0 Å². The van der Waals surface area contributed by atoms with E-state index in [0.717, 1.165) is 6.26 Å². The average molecular weight is 226 g/mol. The third kappa shape index (κ3) is 10.0. The Hall–Kier alpha value is -0.0700. The molecule has 0 amide bonds. The Bertz CT molecular complexity index is 285. The molecule has 0 heterocycles. The molecular weight excluding hydrogens is 218 g/mol. The molecule has 6 heteroatoms. The molecule has 0 fully saturated rings. The van der Waals surface area contributed by atoms with E-state index in [9.17, 15) is 9.18 Å². The first-order chi connectivity index (χ1) is 6.06. The molecule has 0 aliphatic carbocycles. The molecule has 72 valence electrons. The third-order valence-corrected chi connectivity index (χ3v) is 1.01. The summed E-state index contributed by atoms with van der Waals surface area (Å²) in [4.78, 5) is 10.00. The van der Waals surface area contributed by atoms with Crippen molar-refractivity contribution in [2.75, 3.05) is 6.26 Å². The summed E-state index contributed by atoms with van der Waals surface area (Å²) in [5, 5.41) is 0. The molecule has 0 aromatic heterocycles. The van der Waals surface area contributed by atoms with E-state index in [1.807, 2.05) is 0 Å². The van der Waals surface area contributed by atoms with Crippen LogP contribution in [-0.4, -0.2) is 21.3 Å². The minimum absolute atomic E-state index is 0. The van der Waals surface area contributed by atoms with Gasteiger partial charge in [0.2, 0.25) is 0 Å². The minimum Gasteiger partial charge on any atom is -0.773 e. The maximum atomic E-state index is 12.1. The molecule has 0 aliphatic heterocycles. The first kappa shape index (κ1) is 16.4. The fraction of sp³-hybridized carbons (Fsp3) is 0.125. The number of aldehydes is 1. The van der Waals surface area contributed by atoms with Gasteiger partial charge in [-0.1, -0.05) is 11.1 Å². The summed E-state index contributed by atoms with van der Waals surface area (Å²) in [5.41, 5.74) is 0.497. The predicted molar refractivity (Wildman–Crippen MR) is 46.6 cm³/mol. The topological polar surface area (TPSA) is 57.2 Å². The zero-order valence-corrected chi connectivity index (χ0v) is 10.7. The minimum atomic E-state index is -1.86. The van der Waals surface area contributed by atoms with E-state index in [0.29, 0.717) is 11.8 Å². The van der Waals surface area contributed by atoms with Crippen LogP contribution in [0, 0.1) is 5.82 Å². The molecule has 0 N–H and O–H groups in total. The van der Waals surface area contributed by atoms with Crippen molar-refractivity contribution < 1.29 is 47.5 Å². The standard InChI is InChI=1S/C7H5FO.CH4O2S.Na/c8-7-3-1-6(5-9)2-4-7;1-4(2)3;/h1-5H;1H3,(H,2,3);/q;;+1/p-1.